The van der Waals surface area contributed by atoms with E-state index in [0.717, 1.165) is 6.92 Å². The van der Waals surface area contributed by atoms with Gasteiger partial charge in [0.1, 0.15) is 25.3 Å². The van der Waals surface area contributed by atoms with Crippen LogP contribution in [-0.4, -0.2) is 82.8 Å². The summed E-state index contributed by atoms with van der Waals surface area (Å²) in [5.41, 5.74) is 5.29. The van der Waals surface area contributed by atoms with Crippen molar-refractivity contribution in [1.29, 1.82) is 0 Å². The maximum Gasteiger partial charge on any atom is 0.328 e. The van der Waals surface area contributed by atoms with Gasteiger partial charge in [-0.1, -0.05) is 0 Å². The predicted molar refractivity (Wildman–Crippen MR) is 105 cm³/mol. The maximum absolute atomic E-state index is 12.3. The van der Waals surface area contributed by atoms with E-state index in [9.17, 15) is 44.2 Å². The Bertz CT molecular complexity index is 774. The van der Waals surface area contributed by atoms with Gasteiger partial charge in [0.15, 0.2) is 6.10 Å². The molecule has 0 fully saturated rings. The van der Waals surface area contributed by atoms with E-state index in [2.05, 4.69) is 20.3 Å². The second-order valence-electron chi connectivity index (χ2n) is 6.66. The van der Waals surface area contributed by atoms with Crippen LogP contribution in [0.3, 0.4) is 0 Å². The van der Waals surface area contributed by atoms with E-state index in [4.69, 9.17) is 15.6 Å². The number of hydrogen-bond acceptors (Lipinski definition) is 13. The Morgan fingerprint density at radius 2 is 1.71 bits per heavy atom. The van der Waals surface area contributed by atoms with Crippen molar-refractivity contribution in [1.82, 2.24) is 10.6 Å². The van der Waals surface area contributed by atoms with E-state index in [-0.39, 0.29) is 32.2 Å². The molecule has 0 aromatic heterocycles. The van der Waals surface area contributed by atoms with Gasteiger partial charge in [0.25, 0.3) is 16.1 Å². The predicted octanol–water partition coefficient (Wildman–Crippen LogP) is -2.52. The lowest BCUT2D eigenvalue weighted by Gasteiger charge is -2.19. The first kappa shape index (κ1) is 29.9. The Labute approximate surface area is 191 Å². The summed E-state index contributed by atoms with van der Waals surface area (Å²) in [5.74, 6) is -4.94. The van der Waals surface area contributed by atoms with Gasteiger partial charge in [-0.15, -0.1) is 20.2 Å². The minimum atomic E-state index is -1.65. The first-order valence-electron chi connectivity index (χ1n) is 9.65. The molecule has 0 saturated heterocycles. The quantitative estimate of drug-likeness (QED) is 0.0502. The summed E-state index contributed by atoms with van der Waals surface area (Å²) in [6.45, 7) is -0.829. The summed E-state index contributed by atoms with van der Waals surface area (Å²) in [6.07, 6.45) is -1.96. The van der Waals surface area contributed by atoms with Crippen LogP contribution in [0, 0.1) is 20.2 Å². The number of nitrogens with one attached hydrogen (secondary N) is 2. The fraction of sp³-hybridized carbons (Fsp3) is 0.688. The molecule has 34 heavy (non-hydrogen) atoms. The number of Topliss-reactive ketones (excluding diaryl/α,β-unsaturated/α-hetero) is 1. The van der Waals surface area contributed by atoms with Gasteiger partial charge < -0.3 is 35.9 Å². The fourth-order valence-corrected chi connectivity index (χ4v) is 2.19. The number of carbonyl (C=O) groups excluding carboxylic acids is 4. The Morgan fingerprint density at radius 1 is 1.06 bits per heavy atom. The van der Waals surface area contributed by atoms with Crippen molar-refractivity contribution >= 4 is 29.5 Å². The van der Waals surface area contributed by atoms with Crippen LogP contribution in [0.5, 0.6) is 0 Å². The van der Waals surface area contributed by atoms with Crippen LogP contribution in [0.4, 0.5) is 0 Å². The Kier molecular flexibility index (Phi) is 13.8. The highest BCUT2D eigenvalue weighted by Crippen LogP contribution is 2.04. The zero-order valence-corrected chi connectivity index (χ0v) is 18.0. The molecule has 3 atom stereocenters. The molecule has 2 amide bonds. The molecule has 0 heterocycles. The number of hydrogen-bond donors (Lipinski definition) is 4. The molecular weight excluding hydrogens is 470 g/mol. The van der Waals surface area contributed by atoms with Gasteiger partial charge in [-0.05, 0) is 19.3 Å². The van der Waals surface area contributed by atoms with Gasteiger partial charge >= 0.3 is 11.9 Å². The second-order valence-corrected chi connectivity index (χ2v) is 6.66. The highest BCUT2D eigenvalue weighted by atomic mass is 17.0. The number of rotatable bonds is 18. The summed E-state index contributed by atoms with van der Waals surface area (Å²) < 4.78 is 4.79. The van der Waals surface area contributed by atoms with Crippen LogP contribution in [-0.2, 0) is 38.4 Å². The molecule has 5 N–H and O–H groups in total. The monoisotopic (exact) mass is 495 g/mol. The van der Waals surface area contributed by atoms with Crippen molar-refractivity contribution in [3.05, 3.63) is 20.2 Å². The van der Waals surface area contributed by atoms with E-state index >= 15 is 0 Å². The Balaban J connectivity index is 4.81. The third-order valence-corrected chi connectivity index (χ3v) is 3.91. The summed E-state index contributed by atoms with van der Waals surface area (Å²) in [4.78, 5) is 86.2. The fourth-order valence-electron chi connectivity index (χ4n) is 2.19. The molecular formula is C16H25N5O13. The zero-order valence-electron chi connectivity index (χ0n) is 18.0. The first-order chi connectivity index (χ1) is 15.8. The zero-order chi connectivity index (χ0) is 26.3. The molecule has 192 valence electrons. The third-order valence-electron chi connectivity index (χ3n) is 3.91. The molecule has 0 aliphatic rings. The molecule has 0 unspecified atom stereocenters. The SMILES string of the molecule is CC(=O)C(=O)N[C@@H](CCCNC(=O)CC[C@H](N)C(=O)O)C(=O)OC[C@@H](CO[N+](=O)[O-])O[N+](=O)[O-]. The van der Waals surface area contributed by atoms with Crippen molar-refractivity contribution in [2.45, 2.75) is 50.8 Å². The van der Waals surface area contributed by atoms with Gasteiger partial charge in [0, 0.05) is 19.9 Å². The summed E-state index contributed by atoms with van der Waals surface area (Å²) >= 11 is 0. The average Bonchev–Trinajstić information content (AvgIpc) is 2.74. The lowest BCUT2D eigenvalue weighted by Crippen LogP contribution is -2.45. The van der Waals surface area contributed by atoms with Crippen LogP contribution < -0.4 is 16.4 Å². The Hall–Kier alpha value is -4.09. The highest BCUT2D eigenvalue weighted by Gasteiger charge is 2.26. The molecule has 0 bridgehead atoms. The number of carbonyl (C=O) groups is 5. The summed E-state index contributed by atoms with van der Waals surface area (Å²) in [6, 6.07) is -2.60. The van der Waals surface area contributed by atoms with Crippen molar-refractivity contribution in [2.24, 2.45) is 5.73 Å². The van der Waals surface area contributed by atoms with Gasteiger partial charge in [-0.25, -0.2) is 4.79 Å². The second kappa shape index (κ2) is 15.7. The number of carboxylic acid groups (broad SMARTS) is 1. The van der Waals surface area contributed by atoms with Crippen molar-refractivity contribution in [2.75, 3.05) is 19.8 Å². The summed E-state index contributed by atoms with van der Waals surface area (Å²) in [5, 5.41) is 31.4. The first-order valence-corrected chi connectivity index (χ1v) is 9.65. The standard InChI is InChI=1S/C16H25N5O13/c1-9(22)14(24)19-12(3-2-6-18-13(23)5-4-11(17)15(25)26)16(27)32-7-10(34-21(30)31)8-33-20(28)29/h10-12H,2-8,17H2,1H3,(H,18,23)(H,19,24)(H,25,26)/t10-,11-,12-/m0/s1. The molecule has 0 aromatic rings. The smallest absolute Gasteiger partial charge is 0.328 e. The van der Waals surface area contributed by atoms with E-state index in [1.54, 1.807) is 0 Å². The largest absolute Gasteiger partial charge is 0.480 e. The number of aliphatic carboxylic acids is 1. The molecule has 0 aliphatic heterocycles. The minimum absolute atomic E-state index is 0.00456. The van der Waals surface area contributed by atoms with Gasteiger partial charge in [0.2, 0.25) is 11.7 Å². The number of ether oxygens (including phenoxy) is 1. The molecule has 0 rings (SSSR count). The Morgan fingerprint density at radius 3 is 2.24 bits per heavy atom. The topological polar surface area (TPSA) is 270 Å². The van der Waals surface area contributed by atoms with E-state index in [1.165, 1.54) is 0 Å². The van der Waals surface area contributed by atoms with E-state index < -0.39 is 71.1 Å². The van der Waals surface area contributed by atoms with Crippen molar-refractivity contribution in [3.8, 4) is 0 Å². The number of esters is 1. The molecule has 18 heteroatoms. The van der Waals surface area contributed by atoms with Crippen molar-refractivity contribution < 1.29 is 53.7 Å². The lowest BCUT2D eigenvalue weighted by molar-refractivity contribution is -0.790. The normalized spacial score (nSPS) is 12.9. The highest BCUT2D eigenvalue weighted by molar-refractivity contribution is 6.35. The van der Waals surface area contributed by atoms with E-state index in [0.29, 0.717) is 0 Å². The van der Waals surface area contributed by atoms with Crippen LogP contribution in [0.15, 0.2) is 0 Å². The number of nitrogens with two attached hydrogens (primary N) is 1. The average molecular weight is 495 g/mol. The van der Waals surface area contributed by atoms with Crippen LogP contribution in [0.25, 0.3) is 0 Å². The van der Waals surface area contributed by atoms with Crippen molar-refractivity contribution in [3.63, 3.8) is 0 Å². The number of amides is 2. The summed E-state index contributed by atoms with van der Waals surface area (Å²) in [7, 11) is 0. The number of carboxylic acids is 1. The number of ketones is 1. The number of nitrogens with zero attached hydrogens (tertiary/aromatic N) is 2. The molecule has 18 nitrogen and oxygen atoms in total. The van der Waals surface area contributed by atoms with Gasteiger partial charge in [0.05, 0.1) is 0 Å². The van der Waals surface area contributed by atoms with Crippen LogP contribution in [0.2, 0.25) is 0 Å². The van der Waals surface area contributed by atoms with Gasteiger partial charge in [-0.2, -0.15) is 0 Å². The van der Waals surface area contributed by atoms with Crippen LogP contribution >= 0.6 is 0 Å². The van der Waals surface area contributed by atoms with Gasteiger partial charge in [-0.3, -0.25) is 19.2 Å². The third kappa shape index (κ3) is 14.1. The van der Waals surface area contributed by atoms with E-state index in [1.807, 2.05) is 0 Å². The molecule has 0 aliphatic carbocycles. The van der Waals surface area contributed by atoms with Crippen LogP contribution in [0.1, 0.15) is 32.6 Å². The lowest BCUT2D eigenvalue weighted by atomic mass is 10.1. The minimum Gasteiger partial charge on any atom is -0.480 e. The molecule has 0 radical (unpaired) electrons. The molecule has 0 spiro atoms. The maximum atomic E-state index is 12.3. The molecule has 0 saturated carbocycles. The molecule has 0 aromatic carbocycles.